The van der Waals surface area contributed by atoms with Crippen LogP contribution in [0.1, 0.15) is 38.3 Å². The number of benzene rings is 2. The van der Waals surface area contributed by atoms with E-state index in [1.54, 1.807) is 48.5 Å². The number of aliphatic hydroxyl groups excluding tert-OH is 1. The molecule has 0 heterocycles. The third-order valence-corrected chi connectivity index (χ3v) is 3.98. The number of hydrogen-bond acceptors (Lipinski definition) is 6. The first-order valence-corrected chi connectivity index (χ1v) is 8.54. The second kappa shape index (κ2) is 9.64. The fourth-order valence-electron chi connectivity index (χ4n) is 2.32. The van der Waals surface area contributed by atoms with Crippen LogP contribution in [-0.2, 0) is 14.3 Å². The molecule has 0 amide bonds. The summed E-state index contributed by atoms with van der Waals surface area (Å²) < 4.78 is 10.3. The normalized spacial score (nSPS) is 12.7. The van der Waals surface area contributed by atoms with E-state index in [0.717, 1.165) is 11.1 Å². The van der Waals surface area contributed by atoms with E-state index in [2.05, 4.69) is 0 Å². The maximum Gasteiger partial charge on any atom is 0.338 e. The first-order valence-electron chi connectivity index (χ1n) is 8.54. The first-order chi connectivity index (χ1) is 12.9. The van der Waals surface area contributed by atoms with E-state index in [-0.39, 0.29) is 6.42 Å². The van der Waals surface area contributed by atoms with Crippen LogP contribution in [-0.4, -0.2) is 42.1 Å². The van der Waals surface area contributed by atoms with Gasteiger partial charge in [-0.1, -0.05) is 35.4 Å². The Morgan fingerprint density at radius 3 is 1.89 bits per heavy atom. The van der Waals surface area contributed by atoms with Crippen LogP contribution >= 0.6 is 0 Å². The van der Waals surface area contributed by atoms with Crippen LogP contribution in [0.3, 0.4) is 0 Å². The molecule has 0 unspecified atom stereocenters. The zero-order valence-electron chi connectivity index (χ0n) is 15.3. The molecule has 2 aromatic carbocycles. The van der Waals surface area contributed by atoms with Crippen molar-refractivity contribution >= 4 is 18.2 Å². The van der Waals surface area contributed by atoms with Gasteiger partial charge in [0, 0.05) is 6.42 Å². The van der Waals surface area contributed by atoms with Crippen molar-refractivity contribution in [3.05, 3.63) is 70.8 Å². The molecule has 0 saturated heterocycles. The Bertz CT molecular complexity index is 779. The molecular weight excluding hydrogens is 348 g/mol. The van der Waals surface area contributed by atoms with E-state index in [4.69, 9.17) is 9.47 Å². The molecule has 0 radical (unpaired) electrons. The molecule has 0 saturated carbocycles. The fraction of sp³-hybridized carbons (Fsp3) is 0.286. The minimum atomic E-state index is -1.32. The Morgan fingerprint density at radius 1 is 0.926 bits per heavy atom. The Labute approximate surface area is 157 Å². The number of rotatable bonds is 8. The first kappa shape index (κ1) is 20.3. The highest BCUT2D eigenvalue weighted by atomic mass is 16.6. The van der Waals surface area contributed by atoms with E-state index in [9.17, 15) is 19.5 Å². The van der Waals surface area contributed by atoms with Crippen LogP contribution in [0.25, 0.3) is 0 Å². The summed E-state index contributed by atoms with van der Waals surface area (Å²) in [5, 5.41) is 10.2. The summed E-state index contributed by atoms with van der Waals surface area (Å²) in [6.07, 6.45) is -2.10. The zero-order chi connectivity index (χ0) is 19.8. The predicted octanol–water partition coefficient (Wildman–Crippen LogP) is 2.64. The molecule has 142 valence electrons. The van der Waals surface area contributed by atoms with Gasteiger partial charge < -0.3 is 19.4 Å². The minimum absolute atomic E-state index is 0.207. The molecule has 27 heavy (non-hydrogen) atoms. The van der Waals surface area contributed by atoms with Crippen LogP contribution in [0.15, 0.2) is 48.5 Å². The molecule has 2 atom stereocenters. The van der Waals surface area contributed by atoms with Crippen molar-refractivity contribution in [1.29, 1.82) is 0 Å². The molecule has 2 rings (SSSR count). The van der Waals surface area contributed by atoms with Crippen molar-refractivity contribution in [2.45, 2.75) is 32.5 Å². The molecular formula is C21H22O6. The summed E-state index contributed by atoms with van der Waals surface area (Å²) >= 11 is 0. The average molecular weight is 370 g/mol. The molecule has 6 heteroatoms. The highest BCUT2D eigenvalue weighted by molar-refractivity contribution is 5.90. The number of hydrogen-bond donors (Lipinski definition) is 1. The second-order valence-corrected chi connectivity index (χ2v) is 6.24. The number of aryl methyl sites for hydroxylation is 2. The SMILES string of the molecule is Cc1ccc(C(=O)OC[C@H](O)[C@@H](CC=O)OC(=O)c2ccc(C)cc2)cc1. The second-order valence-electron chi connectivity index (χ2n) is 6.24. The van der Waals surface area contributed by atoms with E-state index >= 15 is 0 Å². The third-order valence-electron chi connectivity index (χ3n) is 3.98. The summed E-state index contributed by atoms with van der Waals surface area (Å²) in [6.45, 7) is 3.38. The lowest BCUT2D eigenvalue weighted by molar-refractivity contribution is -0.112. The lowest BCUT2D eigenvalue weighted by Gasteiger charge is -2.21. The Hall–Kier alpha value is -2.99. The molecule has 2 aromatic rings. The van der Waals surface area contributed by atoms with Crippen LogP contribution in [0, 0.1) is 13.8 Å². The van der Waals surface area contributed by atoms with E-state index in [1.807, 2.05) is 13.8 Å². The monoisotopic (exact) mass is 370 g/mol. The Balaban J connectivity index is 1.95. The van der Waals surface area contributed by atoms with Gasteiger partial charge in [0.15, 0.2) is 0 Å². The Morgan fingerprint density at radius 2 is 1.41 bits per heavy atom. The van der Waals surface area contributed by atoms with Gasteiger partial charge >= 0.3 is 11.9 Å². The van der Waals surface area contributed by atoms with Gasteiger partial charge in [0.05, 0.1) is 11.1 Å². The number of aliphatic hydroxyl groups is 1. The van der Waals surface area contributed by atoms with E-state index < -0.39 is 30.8 Å². The summed E-state index contributed by atoms with van der Waals surface area (Å²) in [4.78, 5) is 35.0. The van der Waals surface area contributed by atoms with Crippen molar-refractivity contribution in [3.8, 4) is 0 Å². The number of esters is 2. The standard InChI is InChI=1S/C21H22O6/c1-14-3-7-16(8-4-14)20(24)26-13-18(23)19(11-12-22)27-21(25)17-9-5-15(2)6-10-17/h3-10,12,18-19,23H,11,13H2,1-2H3/t18-,19+/m0/s1. The van der Waals surface area contributed by atoms with Gasteiger partial charge in [0.1, 0.15) is 25.1 Å². The summed E-state index contributed by atoms with van der Waals surface area (Å²) in [7, 11) is 0. The van der Waals surface area contributed by atoms with Crippen molar-refractivity contribution in [2.75, 3.05) is 6.61 Å². The van der Waals surface area contributed by atoms with Crippen molar-refractivity contribution in [3.63, 3.8) is 0 Å². The molecule has 6 nitrogen and oxygen atoms in total. The number of carbonyl (C=O) groups is 3. The molecule has 0 aliphatic rings. The molecule has 0 aliphatic carbocycles. The molecule has 0 aliphatic heterocycles. The molecule has 0 aromatic heterocycles. The van der Waals surface area contributed by atoms with Crippen LogP contribution in [0.4, 0.5) is 0 Å². The topological polar surface area (TPSA) is 89.9 Å². The zero-order valence-corrected chi connectivity index (χ0v) is 15.3. The van der Waals surface area contributed by atoms with Gasteiger partial charge in [-0.2, -0.15) is 0 Å². The lowest BCUT2D eigenvalue weighted by Crippen LogP contribution is -2.36. The van der Waals surface area contributed by atoms with Gasteiger partial charge in [-0.3, -0.25) is 0 Å². The maximum atomic E-state index is 12.2. The van der Waals surface area contributed by atoms with Crippen molar-refractivity contribution in [2.24, 2.45) is 0 Å². The summed E-state index contributed by atoms with van der Waals surface area (Å²) in [5.74, 6) is -1.27. The van der Waals surface area contributed by atoms with Crippen LogP contribution in [0.5, 0.6) is 0 Å². The van der Waals surface area contributed by atoms with Gasteiger partial charge in [-0.05, 0) is 38.1 Å². The molecule has 0 spiro atoms. The lowest BCUT2D eigenvalue weighted by atomic mass is 10.1. The van der Waals surface area contributed by atoms with Gasteiger partial charge in [0.25, 0.3) is 0 Å². The quantitative estimate of drug-likeness (QED) is 0.567. The summed E-state index contributed by atoms with van der Waals surface area (Å²) in [6, 6.07) is 13.5. The predicted molar refractivity (Wildman–Crippen MR) is 98.5 cm³/mol. The highest BCUT2D eigenvalue weighted by Gasteiger charge is 2.25. The minimum Gasteiger partial charge on any atom is -0.459 e. The van der Waals surface area contributed by atoms with E-state index in [1.165, 1.54) is 0 Å². The number of ether oxygens (including phenoxy) is 2. The Kier molecular flexibility index (Phi) is 7.25. The molecule has 0 bridgehead atoms. The summed E-state index contributed by atoms with van der Waals surface area (Å²) in [5.41, 5.74) is 2.64. The maximum absolute atomic E-state index is 12.2. The largest absolute Gasteiger partial charge is 0.459 e. The molecule has 0 fully saturated rings. The number of aldehydes is 1. The van der Waals surface area contributed by atoms with Crippen LogP contribution < -0.4 is 0 Å². The number of carbonyl (C=O) groups excluding carboxylic acids is 3. The third kappa shape index (κ3) is 6.04. The van der Waals surface area contributed by atoms with Gasteiger partial charge in [-0.25, -0.2) is 9.59 Å². The van der Waals surface area contributed by atoms with Gasteiger partial charge in [0.2, 0.25) is 0 Å². The van der Waals surface area contributed by atoms with E-state index in [0.29, 0.717) is 17.4 Å². The highest BCUT2D eigenvalue weighted by Crippen LogP contribution is 2.12. The van der Waals surface area contributed by atoms with Crippen molar-refractivity contribution < 1.29 is 29.0 Å². The van der Waals surface area contributed by atoms with Crippen LogP contribution in [0.2, 0.25) is 0 Å². The average Bonchev–Trinajstić information content (AvgIpc) is 2.66. The fourth-order valence-corrected chi connectivity index (χ4v) is 2.32. The van der Waals surface area contributed by atoms with Crippen molar-refractivity contribution in [1.82, 2.24) is 0 Å². The smallest absolute Gasteiger partial charge is 0.338 e. The molecule has 1 N–H and O–H groups in total. The van der Waals surface area contributed by atoms with Gasteiger partial charge in [-0.15, -0.1) is 0 Å².